The van der Waals surface area contributed by atoms with Crippen LogP contribution >= 0.6 is 0 Å². The Hall–Kier alpha value is -1.37. The molecule has 86 valence electrons. The Morgan fingerprint density at radius 1 is 1.12 bits per heavy atom. The predicted octanol–water partition coefficient (Wildman–Crippen LogP) is 4.30. The van der Waals surface area contributed by atoms with Gasteiger partial charge in [-0.05, 0) is 29.4 Å². The van der Waals surface area contributed by atoms with Crippen molar-refractivity contribution in [1.82, 2.24) is 0 Å². The van der Waals surface area contributed by atoms with E-state index in [0.717, 1.165) is 17.6 Å². The van der Waals surface area contributed by atoms with Crippen molar-refractivity contribution >= 4 is 6.21 Å². The smallest absolute Gasteiger partial charge is 0.0256 e. The fourth-order valence-electron chi connectivity index (χ4n) is 1.42. The highest BCUT2D eigenvalue weighted by Gasteiger charge is 2.03. The van der Waals surface area contributed by atoms with E-state index in [0.29, 0.717) is 11.8 Å². The molecule has 1 heteroatoms. The molecule has 0 aliphatic heterocycles. The van der Waals surface area contributed by atoms with Crippen molar-refractivity contribution in [3.8, 4) is 0 Å². The summed E-state index contributed by atoms with van der Waals surface area (Å²) in [7, 11) is 0. The Bertz CT molecular complexity index is 354. The van der Waals surface area contributed by atoms with Crippen LogP contribution in [0.5, 0.6) is 0 Å². The molecule has 1 N–H and O–H groups in total. The second-order valence-electron chi connectivity index (χ2n) is 4.56. The summed E-state index contributed by atoms with van der Waals surface area (Å²) in [5.41, 5.74) is 2.12. The second-order valence-corrected chi connectivity index (χ2v) is 4.56. The van der Waals surface area contributed by atoms with Gasteiger partial charge in [-0.2, -0.15) is 0 Å². The summed E-state index contributed by atoms with van der Waals surface area (Å²) in [6.45, 7) is 6.68. The first kappa shape index (κ1) is 12.7. The molecule has 0 radical (unpaired) electrons. The summed E-state index contributed by atoms with van der Waals surface area (Å²) < 4.78 is 0. The fraction of sp³-hybridized carbons (Fsp3) is 0.400. The Morgan fingerprint density at radius 2 is 1.75 bits per heavy atom. The molecule has 0 aromatic rings. The molecule has 0 spiro atoms. The van der Waals surface area contributed by atoms with E-state index in [2.05, 4.69) is 51.2 Å². The summed E-state index contributed by atoms with van der Waals surface area (Å²) in [6.07, 6.45) is 15.1. The predicted molar refractivity (Wildman–Crippen MR) is 71.8 cm³/mol. The Kier molecular flexibility index (Phi) is 4.97. The van der Waals surface area contributed by atoms with Crippen molar-refractivity contribution < 1.29 is 0 Å². The molecule has 0 heterocycles. The van der Waals surface area contributed by atoms with Crippen LogP contribution in [0.15, 0.2) is 47.6 Å². The number of nitrogens with one attached hydrogen (secondary N) is 1. The monoisotopic (exact) mass is 215 g/mol. The average molecular weight is 215 g/mol. The van der Waals surface area contributed by atoms with Crippen molar-refractivity contribution in [3.05, 3.63) is 47.6 Å². The van der Waals surface area contributed by atoms with Crippen LogP contribution in [0, 0.1) is 17.2 Å². The van der Waals surface area contributed by atoms with Crippen molar-refractivity contribution in [2.75, 3.05) is 0 Å². The van der Waals surface area contributed by atoms with Gasteiger partial charge in [-0.25, -0.2) is 0 Å². The molecule has 0 aromatic carbocycles. The molecule has 1 aliphatic rings. The molecule has 1 atom stereocenters. The van der Waals surface area contributed by atoms with Gasteiger partial charge >= 0.3 is 0 Å². The summed E-state index contributed by atoms with van der Waals surface area (Å²) in [5, 5.41) is 7.39. The van der Waals surface area contributed by atoms with Gasteiger partial charge in [-0.15, -0.1) is 0 Å². The minimum absolute atomic E-state index is 0.570. The molecule has 1 nitrogen and oxygen atoms in total. The van der Waals surface area contributed by atoms with E-state index >= 15 is 0 Å². The normalized spacial score (nSPS) is 18.2. The molecule has 1 rings (SSSR count). The molecule has 0 aromatic heterocycles. The molecule has 0 bridgehead atoms. The summed E-state index contributed by atoms with van der Waals surface area (Å²) in [6, 6.07) is 0. The molecular formula is C15H21N. The van der Waals surface area contributed by atoms with Gasteiger partial charge in [-0.3, -0.25) is 0 Å². The van der Waals surface area contributed by atoms with Gasteiger partial charge in [0, 0.05) is 6.21 Å². The van der Waals surface area contributed by atoms with Crippen molar-refractivity contribution in [1.29, 1.82) is 5.41 Å². The first-order valence-corrected chi connectivity index (χ1v) is 5.91. The van der Waals surface area contributed by atoms with E-state index in [-0.39, 0.29) is 0 Å². The van der Waals surface area contributed by atoms with Crippen molar-refractivity contribution in [2.24, 2.45) is 11.8 Å². The van der Waals surface area contributed by atoms with Gasteiger partial charge in [0.2, 0.25) is 0 Å². The van der Waals surface area contributed by atoms with E-state index in [4.69, 9.17) is 5.41 Å². The SMILES string of the molecule is CC(C)C(C)/C=C\C1=C(C=N)C=CCC=C1. The molecule has 0 saturated carbocycles. The Balaban J connectivity index is 2.88. The van der Waals surface area contributed by atoms with Gasteiger partial charge < -0.3 is 5.41 Å². The van der Waals surface area contributed by atoms with Crippen LogP contribution in [0.25, 0.3) is 0 Å². The van der Waals surface area contributed by atoms with E-state index in [1.165, 1.54) is 6.21 Å². The van der Waals surface area contributed by atoms with Crippen LogP contribution in [0.2, 0.25) is 0 Å². The van der Waals surface area contributed by atoms with Crippen molar-refractivity contribution in [3.63, 3.8) is 0 Å². The standard InChI is InChI=1S/C15H21N/c1-12(2)13(3)9-10-14-7-5-4-6-8-15(14)11-16/h5-13,16H,4H2,1-3H3/b10-9-,16-11?. The molecule has 0 saturated heterocycles. The third-order valence-corrected chi connectivity index (χ3v) is 2.99. The zero-order valence-electron chi connectivity index (χ0n) is 10.4. The highest BCUT2D eigenvalue weighted by molar-refractivity contribution is 5.83. The van der Waals surface area contributed by atoms with Gasteiger partial charge in [0.05, 0.1) is 0 Å². The summed E-state index contributed by atoms with van der Waals surface area (Å²) in [4.78, 5) is 0. The number of allylic oxidation sites excluding steroid dienone is 8. The maximum absolute atomic E-state index is 7.39. The lowest BCUT2D eigenvalue weighted by molar-refractivity contribution is 0.504. The van der Waals surface area contributed by atoms with E-state index in [9.17, 15) is 0 Å². The number of hydrogen-bond donors (Lipinski definition) is 1. The first-order valence-electron chi connectivity index (χ1n) is 5.91. The maximum atomic E-state index is 7.39. The van der Waals surface area contributed by atoms with Crippen LogP contribution in [0.1, 0.15) is 27.2 Å². The topological polar surface area (TPSA) is 23.9 Å². The van der Waals surface area contributed by atoms with E-state index in [1.807, 2.05) is 6.08 Å². The lowest BCUT2D eigenvalue weighted by Crippen LogP contribution is -1.99. The third-order valence-electron chi connectivity index (χ3n) is 2.99. The fourth-order valence-corrected chi connectivity index (χ4v) is 1.42. The van der Waals surface area contributed by atoms with Crippen molar-refractivity contribution in [2.45, 2.75) is 27.2 Å². The van der Waals surface area contributed by atoms with Crippen LogP contribution in [0.4, 0.5) is 0 Å². The van der Waals surface area contributed by atoms with Gasteiger partial charge in [0.1, 0.15) is 0 Å². The van der Waals surface area contributed by atoms with Crippen LogP contribution < -0.4 is 0 Å². The van der Waals surface area contributed by atoms with Gasteiger partial charge in [-0.1, -0.05) is 57.2 Å². The minimum Gasteiger partial charge on any atom is -0.308 e. The second kappa shape index (κ2) is 6.26. The Morgan fingerprint density at radius 3 is 2.31 bits per heavy atom. The zero-order valence-corrected chi connectivity index (χ0v) is 10.4. The first-order chi connectivity index (χ1) is 7.65. The van der Waals surface area contributed by atoms with Crippen LogP contribution in [-0.4, -0.2) is 6.21 Å². The highest BCUT2D eigenvalue weighted by Crippen LogP contribution is 2.16. The summed E-state index contributed by atoms with van der Waals surface area (Å²) in [5.74, 6) is 1.23. The highest BCUT2D eigenvalue weighted by atomic mass is 14.3. The van der Waals surface area contributed by atoms with Crippen LogP contribution in [-0.2, 0) is 0 Å². The molecular weight excluding hydrogens is 194 g/mol. The largest absolute Gasteiger partial charge is 0.308 e. The molecule has 0 fully saturated rings. The van der Waals surface area contributed by atoms with Gasteiger partial charge in [0.25, 0.3) is 0 Å². The van der Waals surface area contributed by atoms with E-state index < -0.39 is 0 Å². The maximum Gasteiger partial charge on any atom is 0.0256 e. The lowest BCUT2D eigenvalue weighted by Gasteiger charge is -2.10. The lowest BCUT2D eigenvalue weighted by atomic mass is 9.96. The zero-order chi connectivity index (χ0) is 12.0. The third kappa shape index (κ3) is 3.65. The average Bonchev–Trinajstić information content (AvgIpc) is 2.50. The molecule has 1 unspecified atom stereocenters. The number of rotatable bonds is 4. The van der Waals surface area contributed by atoms with Crippen LogP contribution in [0.3, 0.4) is 0 Å². The Labute approximate surface area is 98.8 Å². The summed E-state index contributed by atoms with van der Waals surface area (Å²) >= 11 is 0. The quantitative estimate of drug-likeness (QED) is 0.676. The van der Waals surface area contributed by atoms with E-state index in [1.54, 1.807) is 0 Å². The molecule has 1 aliphatic carbocycles. The molecule has 0 amide bonds. The number of hydrogen-bond acceptors (Lipinski definition) is 1. The molecule has 16 heavy (non-hydrogen) atoms. The minimum atomic E-state index is 0.570. The van der Waals surface area contributed by atoms with Gasteiger partial charge in [0.15, 0.2) is 0 Å².